The van der Waals surface area contributed by atoms with E-state index in [0.29, 0.717) is 17.2 Å². The highest BCUT2D eigenvalue weighted by Crippen LogP contribution is 2.25. The third-order valence-corrected chi connectivity index (χ3v) is 5.52. The summed E-state index contributed by atoms with van der Waals surface area (Å²) in [6, 6.07) is 8.04. The van der Waals surface area contributed by atoms with Crippen LogP contribution in [0.15, 0.2) is 42.9 Å². The Kier molecular flexibility index (Phi) is 5.88. The molecule has 0 radical (unpaired) electrons. The second kappa shape index (κ2) is 8.72. The van der Waals surface area contributed by atoms with Crippen molar-refractivity contribution < 1.29 is 14.6 Å². The number of rotatable bonds is 6. The third-order valence-electron chi connectivity index (χ3n) is 4.62. The van der Waals surface area contributed by atoms with Gasteiger partial charge in [-0.25, -0.2) is 14.6 Å². The molecule has 0 spiro atoms. The normalized spacial score (nSPS) is 14.7. The first-order valence-corrected chi connectivity index (χ1v) is 10.3. The predicted molar refractivity (Wildman–Crippen MR) is 114 cm³/mol. The van der Waals surface area contributed by atoms with Crippen molar-refractivity contribution in [1.29, 1.82) is 0 Å². The van der Waals surface area contributed by atoms with E-state index in [4.69, 9.17) is 9.84 Å². The number of piperidine rings is 1. The Morgan fingerprint density at radius 1 is 1.21 bits per heavy atom. The van der Waals surface area contributed by atoms with Crippen LogP contribution in [0.1, 0.15) is 12.8 Å². The number of carbonyl (C=O) groups is 1. The fourth-order valence-corrected chi connectivity index (χ4v) is 3.67. The Bertz CT molecular complexity index is 986. The van der Waals surface area contributed by atoms with Crippen molar-refractivity contribution in [2.45, 2.75) is 25.5 Å². The third kappa shape index (κ3) is 4.81. The Hall–Kier alpha value is -2.76. The number of hydrogen-bond donors (Lipinski definition) is 1. The minimum atomic E-state index is -0.970. The minimum absolute atomic E-state index is 0.186. The van der Waals surface area contributed by atoms with Gasteiger partial charge in [-0.3, -0.25) is 4.79 Å². The quantitative estimate of drug-likeness (QED) is 0.509. The Labute approximate surface area is 180 Å². The maximum absolute atomic E-state index is 10.7. The van der Waals surface area contributed by atoms with Gasteiger partial charge in [-0.1, -0.05) is 17.3 Å². The highest BCUT2D eigenvalue weighted by atomic mass is 127. The summed E-state index contributed by atoms with van der Waals surface area (Å²) in [6.07, 6.45) is 6.93. The molecule has 150 valence electrons. The van der Waals surface area contributed by atoms with Gasteiger partial charge in [0.15, 0.2) is 0 Å². The summed E-state index contributed by atoms with van der Waals surface area (Å²) in [7, 11) is 0. The maximum atomic E-state index is 10.7. The van der Waals surface area contributed by atoms with Gasteiger partial charge in [0.2, 0.25) is 5.95 Å². The summed E-state index contributed by atoms with van der Waals surface area (Å²) in [6.45, 7) is 1.41. The van der Waals surface area contributed by atoms with E-state index >= 15 is 0 Å². The predicted octanol–water partition coefficient (Wildman–Crippen LogP) is 2.47. The maximum Gasteiger partial charge on any atom is 0.325 e. The molecule has 2 aromatic heterocycles. The summed E-state index contributed by atoms with van der Waals surface area (Å²) in [4.78, 5) is 21.8. The number of carboxylic acid groups (broad SMARTS) is 1. The van der Waals surface area contributed by atoms with Crippen molar-refractivity contribution in [2.75, 3.05) is 18.0 Å². The highest BCUT2D eigenvalue weighted by Gasteiger charge is 2.23. The molecule has 1 saturated heterocycles. The first-order valence-electron chi connectivity index (χ1n) is 9.19. The fourth-order valence-electron chi connectivity index (χ4n) is 3.16. The lowest BCUT2D eigenvalue weighted by atomic mass is 10.1. The molecule has 3 aromatic rings. The van der Waals surface area contributed by atoms with Crippen LogP contribution in [0.3, 0.4) is 0 Å². The molecule has 1 aliphatic rings. The number of ether oxygens (including phenoxy) is 1. The molecule has 29 heavy (non-hydrogen) atoms. The molecule has 0 amide bonds. The zero-order chi connectivity index (χ0) is 20.2. The lowest BCUT2D eigenvalue weighted by molar-refractivity contribution is -0.137. The van der Waals surface area contributed by atoms with Gasteiger partial charge in [0.25, 0.3) is 0 Å². The van der Waals surface area contributed by atoms with Crippen molar-refractivity contribution in [3.05, 3.63) is 46.4 Å². The highest BCUT2D eigenvalue weighted by molar-refractivity contribution is 14.1. The van der Waals surface area contributed by atoms with Gasteiger partial charge in [-0.2, -0.15) is 0 Å². The van der Waals surface area contributed by atoms with E-state index in [1.165, 1.54) is 4.68 Å². The molecule has 0 atom stereocenters. The van der Waals surface area contributed by atoms with Gasteiger partial charge in [0, 0.05) is 43.9 Å². The molecule has 10 heteroatoms. The van der Waals surface area contributed by atoms with Crippen LogP contribution in [0, 0.1) is 3.57 Å². The van der Waals surface area contributed by atoms with Gasteiger partial charge in [0.1, 0.15) is 24.1 Å². The molecule has 1 N–H and O–H groups in total. The molecule has 1 fully saturated rings. The Balaban J connectivity index is 1.35. The molecule has 0 unspecified atom stereocenters. The Morgan fingerprint density at radius 2 is 1.93 bits per heavy atom. The van der Waals surface area contributed by atoms with Crippen LogP contribution < -0.4 is 9.64 Å². The van der Waals surface area contributed by atoms with E-state index < -0.39 is 5.97 Å². The number of aromatic nitrogens is 5. The summed E-state index contributed by atoms with van der Waals surface area (Å²) < 4.78 is 8.53. The number of nitrogens with zero attached hydrogens (tertiary/aromatic N) is 6. The van der Waals surface area contributed by atoms with Crippen LogP contribution >= 0.6 is 22.6 Å². The smallest absolute Gasteiger partial charge is 0.325 e. The first kappa shape index (κ1) is 19.6. The average molecular weight is 506 g/mol. The second-order valence-electron chi connectivity index (χ2n) is 6.70. The molecule has 4 rings (SSSR count). The van der Waals surface area contributed by atoms with Crippen LogP contribution in [0.5, 0.6) is 5.75 Å². The molecule has 0 saturated carbocycles. The zero-order valence-corrected chi connectivity index (χ0v) is 17.6. The largest absolute Gasteiger partial charge is 0.489 e. The molecular formula is C19H19IN6O3. The molecule has 9 nitrogen and oxygen atoms in total. The molecule has 1 aromatic carbocycles. The average Bonchev–Trinajstić information content (AvgIpc) is 3.18. The summed E-state index contributed by atoms with van der Waals surface area (Å²) in [5.74, 6) is 0.630. The van der Waals surface area contributed by atoms with Crippen molar-refractivity contribution in [3.63, 3.8) is 0 Å². The van der Waals surface area contributed by atoms with E-state index in [-0.39, 0.29) is 12.6 Å². The molecule has 0 aliphatic carbocycles. The molecule has 0 bridgehead atoms. The number of halogens is 1. The van der Waals surface area contributed by atoms with Gasteiger partial charge in [-0.05, 0) is 34.7 Å². The van der Waals surface area contributed by atoms with E-state index in [0.717, 1.165) is 35.3 Å². The lowest BCUT2D eigenvalue weighted by Crippen LogP contribution is -2.39. The van der Waals surface area contributed by atoms with Crippen molar-refractivity contribution in [3.8, 4) is 17.0 Å². The topological polar surface area (TPSA) is 106 Å². The van der Waals surface area contributed by atoms with Crippen LogP contribution in [0.25, 0.3) is 11.3 Å². The van der Waals surface area contributed by atoms with E-state index in [9.17, 15) is 4.79 Å². The van der Waals surface area contributed by atoms with Crippen LogP contribution in [-0.2, 0) is 11.3 Å². The van der Waals surface area contributed by atoms with E-state index in [1.54, 1.807) is 18.6 Å². The van der Waals surface area contributed by atoms with E-state index in [1.807, 2.05) is 24.3 Å². The summed E-state index contributed by atoms with van der Waals surface area (Å²) in [5.41, 5.74) is 1.24. The van der Waals surface area contributed by atoms with Crippen LogP contribution in [0.2, 0.25) is 0 Å². The summed E-state index contributed by atoms with van der Waals surface area (Å²) >= 11 is 2.29. The van der Waals surface area contributed by atoms with Crippen molar-refractivity contribution >= 4 is 34.5 Å². The second-order valence-corrected chi connectivity index (χ2v) is 7.86. The van der Waals surface area contributed by atoms with Crippen LogP contribution in [-0.4, -0.2) is 55.2 Å². The monoisotopic (exact) mass is 506 g/mol. The summed E-state index contributed by atoms with van der Waals surface area (Å²) in [5, 5.41) is 16.6. The number of hydrogen-bond acceptors (Lipinski definition) is 7. The molecule has 1 aliphatic heterocycles. The van der Waals surface area contributed by atoms with Crippen molar-refractivity contribution in [1.82, 2.24) is 25.0 Å². The minimum Gasteiger partial charge on any atom is -0.489 e. The number of aliphatic carboxylic acids is 1. The van der Waals surface area contributed by atoms with Crippen molar-refractivity contribution in [2.24, 2.45) is 0 Å². The molecular weight excluding hydrogens is 487 g/mol. The fraction of sp³-hybridized carbons (Fsp3) is 0.316. The number of para-hydroxylation sites is 1. The van der Waals surface area contributed by atoms with E-state index in [2.05, 4.69) is 47.8 Å². The first-order chi connectivity index (χ1) is 14.1. The number of benzene rings is 1. The van der Waals surface area contributed by atoms with Gasteiger partial charge in [0.05, 0.1) is 9.77 Å². The lowest BCUT2D eigenvalue weighted by Gasteiger charge is -2.32. The number of anilines is 1. The van der Waals surface area contributed by atoms with Crippen LogP contribution in [0.4, 0.5) is 5.95 Å². The van der Waals surface area contributed by atoms with Gasteiger partial charge >= 0.3 is 5.97 Å². The molecule has 3 heterocycles. The van der Waals surface area contributed by atoms with Gasteiger partial charge < -0.3 is 14.7 Å². The SMILES string of the molecule is O=C(O)Cn1cc(-c2cnc(N3CCC(Oc4ccccc4I)CC3)nc2)nn1. The zero-order valence-electron chi connectivity index (χ0n) is 15.5. The Morgan fingerprint density at radius 3 is 2.62 bits per heavy atom. The van der Waals surface area contributed by atoms with Gasteiger partial charge in [-0.15, -0.1) is 5.10 Å². The standard InChI is InChI=1S/C19H19IN6O3/c20-15-3-1-2-4-17(15)29-14-5-7-25(8-6-14)19-21-9-13(10-22-19)16-11-26(24-23-16)12-18(27)28/h1-4,9-11,14H,5-8,12H2,(H,27,28). The number of carboxylic acids is 1.